The number of fused-ring (bicyclic) bond motifs is 2. The van der Waals surface area contributed by atoms with Crippen LogP contribution in [0.3, 0.4) is 0 Å². The molecule has 1 saturated carbocycles. The molecule has 1 aliphatic carbocycles. The van der Waals surface area contributed by atoms with Crippen molar-refractivity contribution in [1.82, 2.24) is 24.7 Å². The average molecular weight is 538 g/mol. The van der Waals surface area contributed by atoms with Crippen LogP contribution in [-0.4, -0.2) is 94.4 Å². The van der Waals surface area contributed by atoms with Crippen LogP contribution < -0.4 is 4.74 Å². The third kappa shape index (κ3) is 6.20. The van der Waals surface area contributed by atoms with Gasteiger partial charge in [0, 0.05) is 57.7 Å². The van der Waals surface area contributed by atoms with Crippen LogP contribution in [0, 0.1) is 5.41 Å². The number of nitrogens with zero attached hydrogens (tertiary/aromatic N) is 5. The van der Waals surface area contributed by atoms with E-state index >= 15 is 0 Å². The lowest BCUT2D eigenvalue weighted by Crippen LogP contribution is -2.50. The summed E-state index contributed by atoms with van der Waals surface area (Å²) in [5.74, 6) is -0.0450. The quantitative estimate of drug-likeness (QED) is 0.583. The van der Waals surface area contributed by atoms with Gasteiger partial charge in [-0.2, -0.15) is 0 Å². The van der Waals surface area contributed by atoms with Gasteiger partial charge in [-0.05, 0) is 68.6 Å². The molecule has 0 N–H and O–H groups in total. The summed E-state index contributed by atoms with van der Waals surface area (Å²) < 4.78 is 20.4. The zero-order valence-electron chi connectivity index (χ0n) is 22.5. The maximum Gasteiger partial charge on any atom is 0.274 e. The number of carbonyl (C=O) groups is 3. The first-order valence-corrected chi connectivity index (χ1v) is 13.8. The van der Waals surface area contributed by atoms with Crippen molar-refractivity contribution in [2.45, 2.75) is 50.6 Å². The minimum Gasteiger partial charge on any atom is -0.494 e. The monoisotopic (exact) mass is 537 g/mol. The van der Waals surface area contributed by atoms with Crippen molar-refractivity contribution in [2.24, 2.45) is 5.41 Å². The second-order valence-electron chi connectivity index (χ2n) is 11.1. The number of amides is 3. The Bertz CT molecular complexity index is 1200. The van der Waals surface area contributed by atoms with Crippen LogP contribution in [0.4, 0.5) is 4.39 Å². The fourth-order valence-corrected chi connectivity index (χ4v) is 5.77. The van der Waals surface area contributed by atoms with Crippen molar-refractivity contribution in [2.75, 3.05) is 46.4 Å². The number of carbonyl (C=O) groups excluding carboxylic acids is 3. The number of benzene rings is 1. The number of aromatic nitrogens is 2. The number of hydrogen-bond acceptors (Lipinski definition) is 6. The van der Waals surface area contributed by atoms with Crippen LogP contribution >= 0.6 is 0 Å². The van der Waals surface area contributed by atoms with E-state index in [1.54, 1.807) is 33.9 Å². The Morgan fingerprint density at radius 3 is 2.46 bits per heavy atom. The van der Waals surface area contributed by atoms with Gasteiger partial charge >= 0.3 is 0 Å². The van der Waals surface area contributed by atoms with Gasteiger partial charge in [0.05, 0.1) is 12.8 Å². The van der Waals surface area contributed by atoms with Gasteiger partial charge in [0.15, 0.2) is 5.67 Å². The summed E-state index contributed by atoms with van der Waals surface area (Å²) in [5, 5.41) is 0. The lowest BCUT2D eigenvalue weighted by molar-refractivity contribution is -0.140. The number of rotatable bonds is 2. The summed E-state index contributed by atoms with van der Waals surface area (Å²) in [6, 6.07) is 7.17. The fourth-order valence-electron chi connectivity index (χ4n) is 5.77. The normalized spacial score (nSPS) is 21.5. The SMILES string of the molecule is CN1CC2(CCCN(C(=O)c3cnccn3)CCCOc3cccc(c3)C1=O)CCN(C(=O)C1(F)CC1)CC2. The Kier molecular flexibility index (Phi) is 7.81. The number of alkyl halides is 1. The van der Waals surface area contributed by atoms with Crippen molar-refractivity contribution >= 4 is 17.7 Å². The topological polar surface area (TPSA) is 95.9 Å². The molecule has 1 saturated heterocycles. The molecule has 2 aliphatic heterocycles. The van der Waals surface area contributed by atoms with Crippen LogP contribution in [0.25, 0.3) is 0 Å². The smallest absolute Gasteiger partial charge is 0.274 e. The van der Waals surface area contributed by atoms with Gasteiger partial charge in [-0.3, -0.25) is 19.4 Å². The maximum atomic E-state index is 14.5. The maximum absolute atomic E-state index is 14.5. The lowest BCUT2D eigenvalue weighted by Gasteiger charge is -2.44. The highest BCUT2D eigenvalue weighted by atomic mass is 19.1. The fraction of sp³-hybridized carbons (Fsp3) is 0.552. The molecule has 208 valence electrons. The number of likely N-dealkylation sites (tertiary alicyclic amines) is 1. The summed E-state index contributed by atoms with van der Waals surface area (Å²) in [6.45, 7) is 2.89. The first kappa shape index (κ1) is 27.0. The van der Waals surface area contributed by atoms with E-state index in [0.29, 0.717) is 88.4 Å². The standard InChI is InChI=1S/C29H36FN5O4/c1-33-21-28(10-16-35(17-11-28)27(38)29(30)8-9-29)7-3-14-34(26(37)24-20-31-12-13-32-24)15-4-18-39-23-6-2-5-22(19-23)25(33)36/h2,5-6,12-13,19-20H,3-4,7-11,14-18,21H2,1H3. The summed E-state index contributed by atoms with van der Waals surface area (Å²) >= 11 is 0. The van der Waals surface area contributed by atoms with Gasteiger partial charge in [0.2, 0.25) is 0 Å². The molecule has 0 atom stereocenters. The van der Waals surface area contributed by atoms with E-state index in [2.05, 4.69) is 9.97 Å². The largest absolute Gasteiger partial charge is 0.494 e. The van der Waals surface area contributed by atoms with Crippen molar-refractivity contribution in [1.29, 1.82) is 0 Å². The lowest BCUT2D eigenvalue weighted by atomic mass is 9.74. The average Bonchev–Trinajstić information content (AvgIpc) is 3.72. The number of piperidine rings is 1. The second kappa shape index (κ2) is 11.3. The summed E-state index contributed by atoms with van der Waals surface area (Å²) in [7, 11) is 1.80. The molecule has 3 amide bonds. The molecule has 2 bridgehead atoms. The molecule has 10 heteroatoms. The van der Waals surface area contributed by atoms with Crippen LogP contribution in [0.1, 0.15) is 65.8 Å². The van der Waals surface area contributed by atoms with E-state index < -0.39 is 11.6 Å². The Morgan fingerprint density at radius 1 is 0.974 bits per heavy atom. The van der Waals surface area contributed by atoms with E-state index in [1.807, 2.05) is 12.1 Å². The molecule has 0 radical (unpaired) electrons. The van der Waals surface area contributed by atoms with Gasteiger partial charge in [0.1, 0.15) is 11.4 Å². The molecule has 39 heavy (non-hydrogen) atoms. The molecule has 3 aliphatic rings. The van der Waals surface area contributed by atoms with Gasteiger partial charge in [0.25, 0.3) is 17.7 Å². The van der Waals surface area contributed by atoms with Crippen molar-refractivity contribution in [3.8, 4) is 5.75 Å². The van der Waals surface area contributed by atoms with Crippen LogP contribution in [0.15, 0.2) is 42.9 Å². The number of ether oxygens (including phenoxy) is 1. The summed E-state index contributed by atoms with van der Waals surface area (Å²) in [6.07, 6.45) is 8.61. The van der Waals surface area contributed by atoms with Gasteiger partial charge in [-0.15, -0.1) is 0 Å². The molecule has 3 heterocycles. The second-order valence-corrected chi connectivity index (χ2v) is 11.1. The first-order chi connectivity index (χ1) is 18.8. The molecular formula is C29H36FN5O4. The Hall–Kier alpha value is -3.56. The van der Waals surface area contributed by atoms with E-state index in [1.165, 1.54) is 18.6 Å². The Labute approximate surface area is 228 Å². The summed E-state index contributed by atoms with van der Waals surface area (Å²) in [5.41, 5.74) is -1.06. The predicted molar refractivity (Wildman–Crippen MR) is 142 cm³/mol. The van der Waals surface area contributed by atoms with Crippen LogP contribution in [-0.2, 0) is 4.79 Å². The van der Waals surface area contributed by atoms with Gasteiger partial charge < -0.3 is 19.4 Å². The zero-order chi connectivity index (χ0) is 27.5. The van der Waals surface area contributed by atoms with Crippen molar-refractivity contribution in [3.63, 3.8) is 0 Å². The molecule has 1 spiro atoms. The van der Waals surface area contributed by atoms with Crippen LogP contribution in [0.5, 0.6) is 5.75 Å². The zero-order valence-corrected chi connectivity index (χ0v) is 22.5. The minimum absolute atomic E-state index is 0.0895. The summed E-state index contributed by atoms with van der Waals surface area (Å²) in [4.78, 5) is 52.7. The predicted octanol–water partition coefficient (Wildman–Crippen LogP) is 3.36. The van der Waals surface area contributed by atoms with E-state index in [-0.39, 0.29) is 17.2 Å². The number of halogens is 1. The number of hydrogen-bond donors (Lipinski definition) is 0. The highest BCUT2D eigenvalue weighted by molar-refractivity contribution is 5.94. The third-order valence-electron chi connectivity index (χ3n) is 8.23. The molecule has 2 aromatic rings. The molecule has 5 rings (SSSR count). The highest BCUT2D eigenvalue weighted by Crippen LogP contribution is 2.44. The van der Waals surface area contributed by atoms with E-state index in [4.69, 9.17) is 4.74 Å². The molecule has 1 aromatic carbocycles. The molecular weight excluding hydrogens is 501 g/mol. The molecule has 1 aromatic heterocycles. The van der Waals surface area contributed by atoms with Gasteiger partial charge in [-0.1, -0.05) is 6.07 Å². The molecule has 0 unspecified atom stereocenters. The van der Waals surface area contributed by atoms with Gasteiger partial charge in [-0.25, -0.2) is 9.37 Å². The van der Waals surface area contributed by atoms with E-state index in [9.17, 15) is 18.8 Å². The van der Waals surface area contributed by atoms with E-state index in [0.717, 1.165) is 12.8 Å². The molecule has 9 nitrogen and oxygen atoms in total. The van der Waals surface area contributed by atoms with Crippen molar-refractivity contribution in [3.05, 3.63) is 54.1 Å². The highest BCUT2D eigenvalue weighted by Gasteiger charge is 2.53. The Morgan fingerprint density at radius 2 is 1.74 bits per heavy atom. The Balaban J connectivity index is 1.36. The van der Waals surface area contributed by atoms with Crippen LogP contribution in [0.2, 0.25) is 0 Å². The minimum atomic E-state index is -1.67. The third-order valence-corrected chi connectivity index (χ3v) is 8.23. The molecule has 2 fully saturated rings. The van der Waals surface area contributed by atoms with Crippen molar-refractivity contribution < 1.29 is 23.5 Å². The first-order valence-electron chi connectivity index (χ1n) is 13.8.